The Labute approximate surface area is 251 Å². The monoisotopic (exact) mass is 669 g/mol. The normalized spacial score (nSPS) is 28.2. The zero-order valence-corrected chi connectivity index (χ0v) is 26.9. The lowest BCUT2D eigenvalue weighted by molar-refractivity contribution is -0.155. The molecule has 0 aliphatic carbocycles. The summed E-state index contributed by atoms with van der Waals surface area (Å²) in [5.41, 5.74) is 1.77. The molecule has 40 heavy (non-hydrogen) atoms. The third-order valence-electron chi connectivity index (χ3n) is 7.17. The van der Waals surface area contributed by atoms with E-state index in [1.165, 1.54) is 18.0 Å². The molecule has 6 unspecified atom stereocenters. The highest BCUT2D eigenvalue weighted by atomic mass is 127. The second-order valence-corrected chi connectivity index (χ2v) is 12.7. The summed E-state index contributed by atoms with van der Waals surface area (Å²) in [6, 6.07) is 2.20. The van der Waals surface area contributed by atoms with Gasteiger partial charge in [-0.15, -0.1) is 0 Å². The van der Waals surface area contributed by atoms with Crippen molar-refractivity contribution < 1.29 is 29.0 Å². The van der Waals surface area contributed by atoms with Gasteiger partial charge in [-0.25, -0.2) is 4.79 Å². The Kier molecular flexibility index (Phi) is 12.5. The number of hydrogen-bond acceptors (Lipinski definition) is 6. The second kappa shape index (κ2) is 14.8. The maximum absolute atomic E-state index is 13.7. The average Bonchev–Trinajstić information content (AvgIpc) is 2.85. The minimum atomic E-state index is -0.986. The summed E-state index contributed by atoms with van der Waals surface area (Å²) in [4.78, 5) is 54.6. The first-order chi connectivity index (χ1) is 18.6. The number of phenolic OH excluding ortho intramolecular Hbond substituents is 1. The molecule has 0 aromatic heterocycles. The number of phenols is 1. The Morgan fingerprint density at radius 2 is 1.73 bits per heavy atom. The van der Waals surface area contributed by atoms with Crippen molar-refractivity contribution in [2.75, 3.05) is 7.05 Å². The van der Waals surface area contributed by atoms with Crippen molar-refractivity contribution in [3.05, 3.63) is 39.0 Å². The van der Waals surface area contributed by atoms with Gasteiger partial charge in [0.1, 0.15) is 23.9 Å². The standard InChI is InChI=1S/C30H44IN3O6/c1-16(2)26-30(39)40-20(6)13-18(4)11-17(3)12-19(5)27(36)32-21(7)29(38)34(8)24(28(37)33-26)15-22-9-10-25(35)23(31)14-22/h9-11,14,16,18-21,24,26,35H,12-13,15H2,1-8H3,(H,32,36)(H,33,37). The highest BCUT2D eigenvalue weighted by Crippen LogP contribution is 2.23. The minimum absolute atomic E-state index is 0.107. The molecule has 3 N–H and O–H groups in total. The number of amides is 3. The molecule has 10 heteroatoms. The van der Waals surface area contributed by atoms with E-state index in [9.17, 15) is 24.3 Å². The zero-order valence-electron chi connectivity index (χ0n) is 24.8. The molecule has 0 saturated heterocycles. The fraction of sp³-hybridized carbons (Fsp3) is 0.600. The molecule has 1 aliphatic heterocycles. The molecular formula is C30H44IN3O6. The molecule has 1 aromatic carbocycles. The van der Waals surface area contributed by atoms with Crippen LogP contribution in [0.2, 0.25) is 0 Å². The number of ether oxygens (including phenoxy) is 1. The van der Waals surface area contributed by atoms with Gasteiger partial charge in [0, 0.05) is 19.4 Å². The van der Waals surface area contributed by atoms with Crippen LogP contribution in [0.4, 0.5) is 0 Å². The van der Waals surface area contributed by atoms with Crippen molar-refractivity contribution >= 4 is 46.3 Å². The van der Waals surface area contributed by atoms with E-state index in [1.807, 2.05) is 64.1 Å². The van der Waals surface area contributed by atoms with Crippen LogP contribution < -0.4 is 10.6 Å². The molecular weight excluding hydrogens is 625 g/mol. The van der Waals surface area contributed by atoms with Crippen LogP contribution in [0.5, 0.6) is 5.75 Å². The third-order valence-corrected chi connectivity index (χ3v) is 8.04. The Morgan fingerprint density at radius 3 is 2.33 bits per heavy atom. The van der Waals surface area contributed by atoms with Gasteiger partial charge >= 0.3 is 5.97 Å². The highest BCUT2D eigenvalue weighted by Gasteiger charge is 2.35. The van der Waals surface area contributed by atoms with E-state index in [0.717, 1.165) is 11.1 Å². The van der Waals surface area contributed by atoms with Crippen LogP contribution in [0.25, 0.3) is 0 Å². The van der Waals surface area contributed by atoms with Crippen molar-refractivity contribution in [1.29, 1.82) is 0 Å². The molecule has 0 fully saturated rings. The molecule has 222 valence electrons. The Balaban J connectivity index is 2.48. The quantitative estimate of drug-likeness (QED) is 0.255. The zero-order chi connectivity index (χ0) is 30.3. The summed E-state index contributed by atoms with van der Waals surface area (Å²) < 4.78 is 6.36. The number of halogens is 1. The van der Waals surface area contributed by atoms with E-state index >= 15 is 0 Å². The first kappa shape index (κ1) is 33.6. The van der Waals surface area contributed by atoms with Crippen LogP contribution in [0, 0.1) is 21.3 Å². The number of allylic oxidation sites excluding steroid dienone is 2. The molecule has 3 amide bonds. The number of likely N-dealkylation sites (N-methyl/N-ethyl adjacent to an activating group) is 1. The first-order valence-electron chi connectivity index (χ1n) is 13.8. The second-order valence-electron chi connectivity index (χ2n) is 11.5. The van der Waals surface area contributed by atoms with Gasteiger partial charge in [-0.05, 0) is 85.7 Å². The highest BCUT2D eigenvalue weighted by molar-refractivity contribution is 14.1. The summed E-state index contributed by atoms with van der Waals surface area (Å²) in [5, 5.41) is 15.6. The van der Waals surface area contributed by atoms with Gasteiger partial charge in [-0.1, -0.05) is 45.4 Å². The summed E-state index contributed by atoms with van der Waals surface area (Å²) in [5.74, 6) is -2.11. The average molecular weight is 670 g/mol. The van der Waals surface area contributed by atoms with Crippen LogP contribution in [-0.4, -0.2) is 65.0 Å². The Bertz CT molecular complexity index is 1120. The van der Waals surface area contributed by atoms with E-state index in [2.05, 4.69) is 16.7 Å². The Morgan fingerprint density at radius 1 is 1.07 bits per heavy atom. The van der Waals surface area contributed by atoms with Gasteiger partial charge in [0.25, 0.3) is 0 Å². The fourth-order valence-corrected chi connectivity index (χ4v) is 5.55. The van der Waals surface area contributed by atoms with Crippen LogP contribution in [0.3, 0.4) is 0 Å². The van der Waals surface area contributed by atoms with E-state index in [0.29, 0.717) is 16.4 Å². The number of nitrogens with zero attached hydrogens (tertiary/aromatic N) is 1. The summed E-state index contributed by atoms with van der Waals surface area (Å²) in [6.45, 7) is 12.9. The van der Waals surface area contributed by atoms with Gasteiger partial charge in [0.05, 0.1) is 9.67 Å². The molecule has 6 atom stereocenters. The lowest BCUT2D eigenvalue weighted by Gasteiger charge is -2.32. The lowest BCUT2D eigenvalue weighted by atomic mass is 9.95. The molecule has 0 bridgehead atoms. The minimum Gasteiger partial charge on any atom is -0.507 e. The van der Waals surface area contributed by atoms with Crippen LogP contribution in [0.1, 0.15) is 66.9 Å². The number of hydrogen-bond donors (Lipinski definition) is 3. The van der Waals surface area contributed by atoms with E-state index < -0.39 is 35.9 Å². The molecule has 0 spiro atoms. The Hall–Kier alpha value is -2.63. The van der Waals surface area contributed by atoms with Gasteiger partial charge in [0.15, 0.2) is 0 Å². The molecule has 1 aliphatic rings. The summed E-state index contributed by atoms with van der Waals surface area (Å²) in [6.07, 6.45) is 2.96. The van der Waals surface area contributed by atoms with Gasteiger partial charge in [0.2, 0.25) is 17.7 Å². The van der Waals surface area contributed by atoms with Crippen LogP contribution in [-0.2, 0) is 30.3 Å². The number of rotatable bonds is 3. The predicted molar refractivity (Wildman–Crippen MR) is 162 cm³/mol. The maximum atomic E-state index is 13.7. The van der Waals surface area contributed by atoms with Crippen molar-refractivity contribution in [2.45, 2.75) is 92.0 Å². The van der Waals surface area contributed by atoms with Crippen LogP contribution >= 0.6 is 22.6 Å². The summed E-state index contributed by atoms with van der Waals surface area (Å²) in [7, 11) is 1.52. The molecule has 2 rings (SSSR count). The number of benzene rings is 1. The predicted octanol–water partition coefficient (Wildman–Crippen LogP) is 3.96. The SMILES string of the molecule is CC1=CC(C)CC(C)OC(=O)C(C(C)C)NC(=O)C(Cc2ccc(O)c(I)c2)N(C)C(=O)C(C)NC(=O)C(C)C1. The summed E-state index contributed by atoms with van der Waals surface area (Å²) >= 11 is 2.00. The smallest absolute Gasteiger partial charge is 0.329 e. The van der Waals surface area contributed by atoms with Crippen molar-refractivity contribution in [1.82, 2.24) is 15.5 Å². The number of carbonyl (C=O) groups is 4. The lowest BCUT2D eigenvalue weighted by Crippen LogP contribution is -2.57. The molecule has 9 nitrogen and oxygen atoms in total. The first-order valence-corrected chi connectivity index (χ1v) is 14.9. The number of aromatic hydroxyl groups is 1. The fourth-order valence-electron chi connectivity index (χ4n) is 4.97. The van der Waals surface area contributed by atoms with Gasteiger partial charge in [-0.3, -0.25) is 14.4 Å². The number of carbonyl (C=O) groups excluding carboxylic acids is 4. The van der Waals surface area contributed by atoms with E-state index in [1.54, 1.807) is 19.1 Å². The van der Waals surface area contributed by atoms with Crippen molar-refractivity contribution in [2.24, 2.45) is 17.8 Å². The molecule has 1 heterocycles. The molecule has 0 radical (unpaired) electrons. The van der Waals surface area contributed by atoms with Crippen molar-refractivity contribution in [3.8, 4) is 5.75 Å². The molecule has 0 saturated carbocycles. The number of cyclic esters (lactones) is 1. The topological polar surface area (TPSA) is 125 Å². The van der Waals surface area contributed by atoms with Crippen molar-refractivity contribution in [3.63, 3.8) is 0 Å². The van der Waals surface area contributed by atoms with Crippen LogP contribution in [0.15, 0.2) is 29.8 Å². The van der Waals surface area contributed by atoms with E-state index in [4.69, 9.17) is 4.74 Å². The van der Waals surface area contributed by atoms with Gasteiger partial charge < -0.3 is 25.4 Å². The number of esters is 1. The largest absolute Gasteiger partial charge is 0.507 e. The maximum Gasteiger partial charge on any atom is 0.329 e. The number of nitrogens with one attached hydrogen (secondary N) is 2. The molecule has 1 aromatic rings. The van der Waals surface area contributed by atoms with Gasteiger partial charge in [-0.2, -0.15) is 0 Å². The van der Waals surface area contributed by atoms with E-state index in [-0.39, 0.29) is 41.9 Å². The third kappa shape index (κ3) is 9.49.